The van der Waals surface area contributed by atoms with Gasteiger partial charge >= 0.3 is 0 Å². The lowest BCUT2D eigenvalue weighted by molar-refractivity contribution is 0.582. The summed E-state index contributed by atoms with van der Waals surface area (Å²) >= 11 is 9.57. The highest BCUT2D eigenvalue weighted by Crippen LogP contribution is 2.36. The Morgan fingerprint density at radius 3 is 2.24 bits per heavy atom. The first-order valence-electron chi connectivity index (χ1n) is 8.53. The lowest BCUT2D eigenvalue weighted by Crippen LogP contribution is -2.05. The highest BCUT2D eigenvalue weighted by molar-refractivity contribution is 9.10. The molecule has 4 rings (SSSR count). The van der Waals surface area contributed by atoms with Crippen LogP contribution in [0.3, 0.4) is 0 Å². The second kappa shape index (κ2) is 8.02. The zero-order valence-corrected chi connectivity index (χ0v) is 18.0. The van der Waals surface area contributed by atoms with Gasteiger partial charge in [-0.25, -0.2) is 8.42 Å². The minimum Gasteiger partial charge on any atom is -0.419 e. The summed E-state index contributed by atoms with van der Waals surface area (Å²) in [6.45, 7) is 0. The second-order valence-electron chi connectivity index (χ2n) is 6.08. The lowest BCUT2D eigenvalue weighted by Gasteiger charge is -2.06. The monoisotopic (exact) mass is 488 g/mol. The fraction of sp³-hybridized carbons (Fsp3) is 0. The third-order valence-electron chi connectivity index (χ3n) is 4.11. The molecule has 29 heavy (non-hydrogen) atoms. The zero-order chi connectivity index (χ0) is 20.4. The van der Waals surface area contributed by atoms with Gasteiger partial charge in [0.2, 0.25) is 26.6 Å². The molecule has 0 bridgehead atoms. The number of hydrogen-bond acceptors (Lipinski definition) is 5. The van der Waals surface area contributed by atoms with Gasteiger partial charge in [0.25, 0.3) is 0 Å². The number of benzene rings is 3. The number of anilines is 2. The van der Waals surface area contributed by atoms with Gasteiger partial charge in [-0.2, -0.15) is 4.98 Å². The zero-order valence-electron chi connectivity index (χ0n) is 14.8. The van der Waals surface area contributed by atoms with E-state index in [0.29, 0.717) is 16.3 Å². The van der Waals surface area contributed by atoms with Crippen molar-refractivity contribution in [3.8, 4) is 11.5 Å². The second-order valence-corrected chi connectivity index (χ2v) is 9.27. The van der Waals surface area contributed by atoms with Crippen molar-refractivity contribution >= 4 is 48.9 Å². The number of aromatic nitrogens is 1. The maximum Gasteiger partial charge on any atom is 0.238 e. The van der Waals surface area contributed by atoms with Crippen molar-refractivity contribution in [1.29, 1.82) is 0 Å². The predicted molar refractivity (Wildman–Crippen MR) is 116 cm³/mol. The molecule has 0 aliphatic heterocycles. The number of para-hydroxylation sites is 1. The van der Waals surface area contributed by atoms with Crippen LogP contribution in [0.4, 0.5) is 11.6 Å². The molecule has 0 spiro atoms. The Labute approximate surface area is 181 Å². The maximum atomic E-state index is 13.3. The summed E-state index contributed by atoms with van der Waals surface area (Å²) in [5.41, 5.74) is 1.17. The molecule has 1 aromatic heterocycles. The SMILES string of the molecule is O=S(=O)(c1ccc(Br)cc1)c1nc(-c2ccccc2Cl)oc1Nc1ccccc1. The van der Waals surface area contributed by atoms with Crippen LogP contribution in [0.25, 0.3) is 11.5 Å². The molecule has 0 aliphatic carbocycles. The molecule has 0 saturated heterocycles. The fourth-order valence-electron chi connectivity index (χ4n) is 2.70. The van der Waals surface area contributed by atoms with Gasteiger partial charge in [0.1, 0.15) is 0 Å². The molecule has 0 aliphatic rings. The van der Waals surface area contributed by atoms with Gasteiger partial charge in [0, 0.05) is 10.2 Å². The molecule has 1 N–H and O–H groups in total. The first kappa shape index (κ1) is 19.7. The Hall–Kier alpha value is -2.61. The highest BCUT2D eigenvalue weighted by atomic mass is 79.9. The summed E-state index contributed by atoms with van der Waals surface area (Å²) in [6, 6.07) is 22.4. The van der Waals surface area contributed by atoms with Gasteiger partial charge in [0.05, 0.1) is 15.5 Å². The molecule has 5 nitrogen and oxygen atoms in total. The summed E-state index contributed by atoms with van der Waals surface area (Å²) in [5.74, 6) is 0.138. The van der Waals surface area contributed by atoms with Crippen molar-refractivity contribution in [2.75, 3.05) is 5.32 Å². The smallest absolute Gasteiger partial charge is 0.238 e. The summed E-state index contributed by atoms with van der Waals surface area (Å²) in [7, 11) is -3.94. The third-order valence-corrected chi connectivity index (χ3v) is 6.65. The average Bonchev–Trinajstić information content (AvgIpc) is 3.14. The average molecular weight is 490 g/mol. The summed E-state index contributed by atoms with van der Waals surface area (Å²) in [5, 5.41) is 3.21. The van der Waals surface area contributed by atoms with Crippen LogP contribution in [0.2, 0.25) is 5.02 Å². The van der Waals surface area contributed by atoms with Crippen LogP contribution < -0.4 is 5.32 Å². The van der Waals surface area contributed by atoms with Crippen LogP contribution in [0.15, 0.2) is 97.7 Å². The van der Waals surface area contributed by atoms with Gasteiger partial charge < -0.3 is 9.73 Å². The molecule has 0 fully saturated rings. The van der Waals surface area contributed by atoms with Crippen LogP contribution in [0, 0.1) is 0 Å². The molecule has 0 amide bonds. The minimum absolute atomic E-state index is 0.0223. The van der Waals surface area contributed by atoms with E-state index in [1.807, 2.05) is 18.2 Å². The van der Waals surface area contributed by atoms with Crippen LogP contribution in [-0.4, -0.2) is 13.4 Å². The predicted octanol–water partition coefficient (Wildman–Crippen LogP) is 6.33. The van der Waals surface area contributed by atoms with E-state index in [4.69, 9.17) is 16.0 Å². The Kier molecular flexibility index (Phi) is 5.45. The Bertz CT molecular complexity index is 1260. The molecule has 146 valence electrons. The van der Waals surface area contributed by atoms with Crippen LogP contribution >= 0.6 is 27.5 Å². The first-order valence-corrected chi connectivity index (χ1v) is 11.2. The topological polar surface area (TPSA) is 72.2 Å². The van der Waals surface area contributed by atoms with Crippen molar-refractivity contribution in [2.24, 2.45) is 0 Å². The molecule has 8 heteroatoms. The minimum atomic E-state index is -3.94. The van der Waals surface area contributed by atoms with Gasteiger partial charge in [-0.05, 0) is 48.5 Å². The van der Waals surface area contributed by atoms with Crippen LogP contribution in [0.5, 0.6) is 0 Å². The molecule has 3 aromatic carbocycles. The number of nitrogens with one attached hydrogen (secondary N) is 1. The molecular formula is C21H14BrClN2O3S. The summed E-state index contributed by atoms with van der Waals surface area (Å²) in [6.07, 6.45) is 0. The van der Waals surface area contributed by atoms with Crippen molar-refractivity contribution in [3.05, 3.63) is 88.4 Å². The number of oxazole rings is 1. The van der Waals surface area contributed by atoms with Crippen molar-refractivity contribution in [3.63, 3.8) is 0 Å². The number of nitrogens with zero attached hydrogens (tertiary/aromatic N) is 1. The maximum absolute atomic E-state index is 13.3. The van der Waals surface area contributed by atoms with E-state index in [1.54, 1.807) is 48.5 Å². The van der Waals surface area contributed by atoms with E-state index in [1.165, 1.54) is 12.1 Å². The Morgan fingerprint density at radius 2 is 1.55 bits per heavy atom. The first-order chi connectivity index (χ1) is 13.9. The molecule has 0 unspecified atom stereocenters. The number of sulfone groups is 1. The Balaban J connectivity index is 1.87. The van der Waals surface area contributed by atoms with Gasteiger partial charge in [-0.15, -0.1) is 0 Å². The summed E-state index contributed by atoms with van der Waals surface area (Å²) < 4.78 is 33.1. The van der Waals surface area contributed by atoms with Crippen molar-refractivity contribution < 1.29 is 12.8 Å². The number of halogens is 2. The lowest BCUT2D eigenvalue weighted by atomic mass is 10.2. The quantitative estimate of drug-likeness (QED) is 0.354. The van der Waals surface area contributed by atoms with Crippen molar-refractivity contribution in [1.82, 2.24) is 4.98 Å². The van der Waals surface area contributed by atoms with E-state index >= 15 is 0 Å². The molecule has 1 heterocycles. The van der Waals surface area contributed by atoms with Crippen molar-refractivity contribution in [2.45, 2.75) is 9.92 Å². The molecule has 0 radical (unpaired) electrons. The van der Waals surface area contributed by atoms with Gasteiger partial charge in [-0.3, -0.25) is 0 Å². The van der Waals surface area contributed by atoms with Gasteiger partial charge in [0.15, 0.2) is 0 Å². The standard InChI is InChI=1S/C21H14BrClN2O3S/c22-14-10-12-16(13-11-14)29(26,27)21-20(24-15-6-2-1-3-7-15)28-19(25-21)17-8-4-5-9-18(17)23/h1-13,24H. The van der Waals surface area contributed by atoms with E-state index in [-0.39, 0.29) is 21.7 Å². The summed E-state index contributed by atoms with van der Waals surface area (Å²) in [4.78, 5) is 4.40. The van der Waals surface area contributed by atoms with E-state index < -0.39 is 9.84 Å². The normalized spacial score (nSPS) is 11.4. The van der Waals surface area contributed by atoms with Gasteiger partial charge in [-0.1, -0.05) is 57.9 Å². The molecule has 0 saturated carbocycles. The molecule has 4 aromatic rings. The van der Waals surface area contributed by atoms with Crippen LogP contribution in [-0.2, 0) is 9.84 Å². The van der Waals surface area contributed by atoms with E-state index in [0.717, 1.165) is 4.47 Å². The molecular weight excluding hydrogens is 476 g/mol. The molecule has 0 atom stereocenters. The number of rotatable bonds is 5. The largest absolute Gasteiger partial charge is 0.419 e. The number of hydrogen-bond donors (Lipinski definition) is 1. The Morgan fingerprint density at radius 1 is 0.897 bits per heavy atom. The third kappa shape index (κ3) is 4.07. The van der Waals surface area contributed by atoms with E-state index in [2.05, 4.69) is 26.2 Å². The van der Waals surface area contributed by atoms with E-state index in [9.17, 15) is 8.42 Å². The van der Waals surface area contributed by atoms with Crippen LogP contribution in [0.1, 0.15) is 0 Å². The fourth-order valence-corrected chi connectivity index (χ4v) is 4.43. The highest BCUT2D eigenvalue weighted by Gasteiger charge is 2.29.